The molecule has 0 radical (unpaired) electrons. The molecule has 0 saturated heterocycles. The predicted molar refractivity (Wildman–Crippen MR) is 88.5 cm³/mol. The number of anilines is 1. The lowest BCUT2D eigenvalue weighted by Gasteiger charge is -2.35. The Balaban J connectivity index is 2.10. The standard InChI is InChI=1S/C18H30N2/c1-14(2)19-13-15(3)16(4)20-12-8-7-10-17-9-5-6-11-18(17)20/h5-6,9,11,14-16,19H,7-8,10,12-13H2,1-4H3. The monoisotopic (exact) mass is 274 g/mol. The first-order valence-electron chi connectivity index (χ1n) is 8.17. The minimum absolute atomic E-state index is 0.570. The number of rotatable bonds is 5. The van der Waals surface area contributed by atoms with Crippen molar-refractivity contribution in [2.24, 2.45) is 5.92 Å². The topological polar surface area (TPSA) is 15.3 Å². The van der Waals surface area contributed by atoms with Gasteiger partial charge in [-0.3, -0.25) is 0 Å². The molecule has 0 saturated carbocycles. The molecule has 2 atom stereocenters. The van der Waals surface area contributed by atoms with Crippen LogP contribution in [0.2, 0.25) is 0 Å². The van der Waals surface area contributed by atoms with E-state index in [0.29, 0.717) is 18.0 Å². The second-order valence-electron chi connectivity index (χ2n) is 6.56. The zero-order valence-electron chi connectivity index (χ0n) is 13.5. The first kappa shape index (κ1) is 15.4. The summed E-state index contributed by atoms with van der Waals surface area (Å²) >= 11 is 0. The van der Waals surface area contributed by atoms with Gasteiger partial charge >= 0.3 is 0 Å². The van der Waals surface area contributed by atoms with Crippen molar-refractivity contribution in [2.45, 2.75) is 59.0 Å². The van der Waals surface area contributed by atoms with Crippen LogP contribution < -0.4 is 10.2 Å². The van der Waals surface area contributed by atoms with Gasteiger partial charge in [-0.15, -0.1) is 0 Å². The van der Waals surface area contributed by atoms with Gasteiger partial charge < -0.3 is 10.2 Å². The van der Waals surface area contributed by atoms with Gasteiger partial charge in [0, 0.05) is 24.3 Å². The van der Waals surface area contributed by atoms with Gasteiger partial charge in [0.25, 0.3) is 0 Å². The smallest absolute Gasteiger partial charge is 0.0401 e. The van der Waals surface area contributed by atoms with Crippen molar-refractivity contribution in [2.75, 3.05) is 18.0 Å². The molecule has 0 fully saturated rings. The van der Waals surface area contributed by atoms with E-state index in [1.807, 2.05) is 0 Å². The minimum Gasteiger partial charge on any atom is -0.368 e. The SMILES string of the molecule is CC(C)NCC(C)C(C)N1CCCCc2ccccc21. The van der Waals surface area contributed by atoms with Crippen LogP contribution in [0.5, 0.6) is 0 Å². The summed E-state index contributed by atoms with van der Waals surface area (Å²) in [5.74, 6) is 0.656. The number of benzene rings is 1. The average molecular weight is 274 g/mol. The molecule has 0 bridgehead atoms. The summed E-state index contributed by atoms with van der Waals surface area (Å²) in [7, 11) is 0. The molecule has 2 nitrogen and oxygen atoms in total. The second-order valence-corrected chi connectivity index (χ2v) is 6.56. The summed E-state index contributed by atoms with van der Waals surface area (Å²) in [4.78, 5) is 2.63. The third-order valence-corrected chi connectivity index (χ3v) is 4.56. The molecule has 1 N–H and O–H groups in total. The number of hydrogen-bond donors (Lipinski definition) is 1. The summed E-state index contributed by atoms with van der Waals surface area (Å²) < 4.78 is 0. The maximum absolute atomic E-state index is 3.58. The Morgan fingerprint density at radius 2 is 1.85 bits per heavy atom. The highest BCUT2D eigenvalue weighted by atomic mass is 15.2. The van der Waals surface area contributed by atoms with Gasteiger partial charge in [-0.1, -0.05) is 39.0 Å². The van der Waals surface area contributed by atoms with E-state index in [9.17, 15) is 0 Å². The first-order chi connectivity index (χ1) is 9.59. The van der Waals surface area contributed by atoms with Crippen LogP contribution in [0.3, 0.4) is 0 Å². The van der Waals surface area contributed by atoms with Gasteiger partial charge in [-0.05, 0) is 50.3 Å². The summed E-state index contributed by atoms with van der Waals surface area (Å²) in [5.41, 5.74) is 3.00. The van der Waals surface area contributed by atoms with E-state index in [-0.39, 0.29) is 0 Å². The lowest BCUT2D eigenvalue weighted by atomic mass is 10.00. The first-order valence-corrected chi connectivity index (χ1v) is 8.17. The Morgan fingerprint density at radius 1 is 1.10 bits per heavy atom. The van der Waals surface area contributed by atoms with Crippen molar-refractivity contribution in [3.8, 4) is 0 Å². The fourth-order valence-electron chi connectivity index (χ4n) is 3.04. The van der Waals surface area contributed by atoms with Crippen LogP contribution in [-0.2, 0) is 6.42 Å². The predicted octanol–water partition coefficient (Wildman–Crippen LogP) is 3.85. The van der Waals surface area contributed by atoms with Crippen molar-refractivity contribution in [1.82, 2.24) is 5.32 Å². The Kier molecular flexibility index (Phi) is 5.47. The lowest BCUT2D eigenvalue weighted by molar-refractivity contribution is 0.403. The van der Waals surface area contributed by atoms with E-state index in [0.717, 1.165) is 6.54 Å². The van der Waals surface area contributed by atoms with Gasteiger partial charge in [0.2, 0.25) is 0 Å². The number of nitrogens with zero attached hydrogens (tertiary/aromatic N) is 1. The fourth-order valence-corrected chi connectivity index (χ4v) is 3.04. The van der Waals surface area contributed by atoms with Crippen LogP contribution in [-0.4, -0.2) is 25.2 Å². The molecule has 112 valence electrons. The average Bonchev–Trinajstić information content (AvgIpc) is 2.66. The maximum atomic E-state index is 3.58. The molecule has 1 aromatic carbocycles. The van der Waals surface area contributed by atoms with Crippen molar-refractivity contribution >= 4 is 5.69 Å². The van der Waals surface area contributed by atoms with E-state index < -0.39 is 0 Å². The van der Waals surface area contributed by atoms with E-state index in [1.165, 1.54) is 37.1 Å². The van der Waals surface area contributed by atoms with Crippen LogP contribution >= 0.6 is 0 Å². The highest BCUT2D eigenvalue weighted by molar-refractivity contribution is 5.55. The normalized spacial score (nSPS) is 18.6. The molecule has 0 aromatic heterocycles. The number of fused-ring (bicyclic) bond motifs is 1. The van der Waals surface area contributed by atoms with Crippen molar-refractivity contribution in [1.29, 1.82) is 0 Å². The Bertz CT molecular complexity index is 414. The Morgan fingerprint density at radius 3 is 2.60 bits per heavy atom. The Hall–Kier alpha value is -1.02. The zero-order valence-corrected chi connectivity index (χ0v) is 13.5. The molecule has 2 unspecified atom stereocenters. The molecule has 1 aliphatic heterocycles. The van der Waals surface area contributed by atoms with E-state index in [4.69, 9.17) is 0 Å². The number of para-hydroxylation sites is 1. The molecular weight excluding hydrogens is 244 g/mol. The van der Waals surface area contributed by atoms with Gasteiger partial charge in [0.05, 0.1) is 0 Å². The number of nitrogens with one attached hydrogen (secondary N) is 1. The summed E-state index contributed by atoms with van der Waals surface area (Å²) in [6.07, 6.45) is 3.86. The van der Waals surface area contributed by atoms with Gasteiger partial charge in [-0.25, -0.2) is 0 Å². The van der Waals surface area contributed by atoms with E-state index in [1.54, 1.807) is 0 Å². The molecule has 0 aliphatic carbocycles. The summed E-state index contributed by atoms with van der Waals surface area (Å²) in [5, 5.41) is 3.58. The highest BCUT2D eigenvalue weighted by Crippen LogP contribution is 2.29. The van der Waals surface area contributed by atoms with Crippen molar-refractivity contribution < 1.29 is 0 Å². The van der Waals surface area contributed by atoms with Crippen molar-refractivity contribution in [3.63, 3.8) is 0 Å². The van der Waals surface area contributed by atoms with Crippen molar-refractivity contribution in [3.05, 3.63) is 29.8 Å². The maximum Gasteiger partial charge on any atom is 0.0401 e. The van der Waals surface area contributed by atoms with Crippen LogP contribution in [0, 0.1) is 5.92 Å². The van der Waals surface area contributed by atoms with E-state index >= 15 is 0 Å². The van der Waals surface area contributed by atoms with Crippen LogP contribution in [0.1, 0.15) is 46.1 Å². The number of aryl methyl sites for hydroxylation is 1. The molecule has 1 aromatic rings. The molecule has 1 heterocycles. The number of hydrogen-bond acceptors (Lipinski definition) is 2. The molecule has 1 aliphatic rings. The molecule has 2 heteroatoms. The summed E-state index contributed by atoms with van der Waals surface area (Å²) in [6.45, 7) is 11.5. The van der Waals surface area contributed by atoms with Crippen LogP contribution in [0.15, 0.2) is 24.3 Å². The van der Waals surface area contributed by atoms with Crippen LogP contribution in [0.25, 0.3) is 0 Å². The molecule has 0 amide bonds. The largest absolute Gasteiger partial charge is 0.368 e. The summed E-state index contributed by atoms with van der Waals surface area (Å²) in [6, 6.07) is 10.1. The Labute approximate surface area is 124 Å². The molecule has 0 spiro atoms. The molecule has 20 heavy (non-hydrogen) atoms. The van der Waals surface area contributed by atoms with E-state index in [2.05, 4.69) is 62.2 Å². The third-order valence-electron chi connectivity index (χ3n) is 4.56. The third kappa shape index (κ3) is 3.76. The molecular formula is C18H30N2. The zero-order chi connectivity index (χ0) is 14.5. The van der Waals surface area contributed by atoms with Crippen LogP contribution in [0.4, 0.5) is 5.69 Å². The van der Waals surface area contributed by atoms with Gasteiger partial charge in [-0.2, -0.15) is 0 Å². The van der Waals surface area contributed by atoms with Gasteiger partial charge in [0.15, 0.2) is 0 Å². The van der Waals surface area contributed by atoms with Gasteiger partial charge in [0.1, 0.15) is 0 Å². The lowest BCUT2D eigenvalue weighted by Crippen LogP contribution is -2.43. The molecule has 2 rings (SSSR count). The quantitative estimate of drug-likeness (QED) is 0.877. The second kappa shape index (κ2) is 7.12. The fraction of sp³-hybridized carbons (Fsp3) is 0.667. The minimum atomic E-state index is 0.570. The highest BCUT2D eigenvalue weighted by Gasteiger charge is 2.23.